The summed E-state index contributed by atoms with van der Waals surface area (Å²) in [4.78, 5) is 16.4. The highest BCUT2D eigenvalue weighted by Gasteiger charge is 2.16. The summed E-state index contributed by atoms with van der Waals surface area (Å²) in [6.45, 7) is 2.17. The maximum atomic E-state index is 12.1. The number of fused-ring (bicyclic) bond motifs is 1. The number of ether oxygens (including phenoxy) is 2. The van der Waals surface area contributed by atoms with Gasteiger partial charge in [-0.1, -0.05) is 11.8 Å². The zero-order valence-corrected chi connectivity index (χ0v) is 11.8. The Kier molecular flexibility index (Phi) is 3.44. The van der Waals surface area contributed by atoms with E-state index in [4.69, 9.17) is 9.47 Å². The molecular formula is C13H11NO3S2. The highest BCUT2D eigenvalue weighted by molar-refractivity contribution is 8.01. The maximum absolute atomic E-state index is 12.1. The molecule has 1 aliphatic heterocycles. The number of thioether (sulfide) groups is 1. The molecule has 19 heavy (non-hydrogen) atoms. The number of hydrogen-bond donors (Lipinski definition) is 0. The van der Waals surface area contributed by atoms with Crippen molar-refractivity contribution in [3.8, 4) is 11.5 Å². The van der Waals surface area contributed by atoms with Gasteiger partial charge in [-0.25, -0.2) is 4.98 Å². The summed E-state index contributed by atoms with van der Waals surface area (Å²) in [6, 6.07) is 5.27. The number of nitrogens with zero attached hydrogens (tertiary/aromatic N) is 1. The number of carbonyl (C=O) groups excluding carboxylic acids is 1. The summed E-state index contributed by atoms with van der Waals surface area (Å²) in [7, 11) is 0. The van der Waals surface area contributed by atoms with E-state index < -0.39 is 0 Å². The lowest BCUT2D eigenvalue weighted by Crippen LogP contribution is -2.02. The summed E-state index contributed by atoms with van der Waals surface area (Å²) >= 11 is 3.03. The number of benzene rings is 1. The molecule has 1 aliphatic rings. The molecule has 2 aromatic rings. The van der Waals surface area contributed by atoms with Crippen molar-refractivity contribution in [3.05, 3.63) is 34.8 Å². The molecule has 1 aromatic heterocycles. The quantitative estimate of drug-likeness (QED) is 0.640. The smallest absolute Gasteiger partial charge is 0.231 e. The average Bonchev–Trinajstić information content (AvgIpc) is 3.03. The van der Waals surface area contributed by atoms with Crippen LogP contribution in [-0.2, 0) is 0 Å². The number of carbonyl (C=O) groups is 1. The highest BCUT2D eigenvalue weighted by Crippen LogP contribution is 2.33. The van der Waals surface area contributed by atoms with Crippen molar-refractivity contribution in [2.75, 3.05) is 12.5 Å². The number of aryl methyl sites for hydroxylation is 1. The van der Waals surface area contributed by atoms with E-state index in [9.17, 15) is 4.79 Å². The van der Waals surface area contributed by atoms with Crippen molar-refractivity contribution in [1.29, 1.82) is 0 Å². The Morgan fingerprint density at radius 3 is 3.05 bits per heavy atom. The molecule has 6 heteroatoms. The van der Waals surface area contributed by atoms with Crippen molar-refractivity contribution < 1.29 is 14.3 Å². The Morgan fingerprint density at radius 2 is 2.26 bits per heavy atom. The first-order valence-electron chi connectivity index (χ1n) is 5.70. The number of aromatic nitrogens is 1. The average molecular weight is 293 g/mol. The molecule has 2 heterocycles. The SMILES string of the molecule is Cc1csc(SCC(=O)c2ccc3c(c2)OCO3)n1. The molecule has 0 N–H and O–H groups in total. The topological polar surface area (TPSA) is 48.4 Å². The standard InChI is InChI=1S/C13H11NO3S2/c1-8-5-18-13(14-8)19-6-10(15)9-2-3-11-12(4-9)17-7-16-11/h2-5H,6-7H2,1H3. The van der Waals surface area contributed by atoms with Gasteiger partial charge >= 0.3 is 0 Å². The van der Waals surface area contributed by atoms with Crippen molar-refractivity contribution >= 4 is 28.9 Å². The Labute approximate surface area is 118 Å². The minimum atomic E-state index is 0.0659. The zero-order chi connectivity index (χ0) is 13.2. The molecule has 4 nitrogen and oxygen atoms in total. The van der Waals surface area contributed by atoms with E-state index in [1.54, 1.807) is 29.5 Å². The normalized spacial score (nSPS) is 12.7. The Bertz CT molecular complexity index is 624. The molecule has 0 atom stereocenters. The first-order chi connectivity index (χ1) is 9.22. The van der Waals surface area contributed by atoms with Gasteiger partial charge in [0.05, 0.1) is 5.75 Å². The van der Waals surface area contributed by atoms with Gasteiger partial charge in [0.25, 0.3) is 0 Å². The van der Waals surface area contributed by atoms with Crippen LogP contribution in [0.5, 0.6) is 11.5 Å². The lowest BCUT2D eigenvalue weighted by molar-refractivity contribution is 0.102. The number of rotatable bonds is 4. The maximum Gasteiger partial charge on any atom is 0.231 e. The molecule has 0 bridgehead atoms. The largest absolute Gasteiger partial charge is 0.454 e. The van der Waals surface area contributed by atoms with Gasteiger partial charge in [-0.05, 0) is 25.1 Å². The zero-order valence-electron chi connectivity index (χ0n) is 10.2. The fourth-order valence-electron chi connectivity index (χ4n) is 1.68. The second-order valence-corrected chi connectivity index (χ2v) is 6.12. The third kappa shape index (κ3) is 2.74. The molecule has 0 radical (unpaired) electrons. The molecule has 0 saturated heterocycles. The van der Waals surface area contributed by atoms with Crippen LogP contribution in [0.15, 0.2) is 27.9 Å². The first kappa shape index (κ1) is 12.5. The highest BCUT2D eigenvalue weighted by atomic mass is 32.2. The van der Waals surface area contributed by atoms with Crippen molar-refractivity contribution in [1.82, 2.24) is 4.98 Å². The second-order valence-electron chi connectivity index (χ2n) is 4.03. The van der Waals surface area contributed by atoms with Gasteiger partial charge in [-0.15, -0.1) is 11.3 Å². The molecule has 3 rings (SSSR count). The fourth-order valence-corrected chi connectivity index (χ4v) is 3.42. The van der Waals surface area contributed by atoms with Crippen LogP contribution in [0, 0.1) is 6.92 Å². The molecule has 0 spiro atoms. The summed E-state index contributed by atoms with van der Waals surface area (Å²) in [5.74, 6) is 1.78. The predicted molar refractivity (Wildman–Crippen MR) is 74.5 cm³/mol. The summed E-state index contributed by atoms with van der Waals surface area (Å²) < 4.78 is 11.4. The van der Waals surface area contributed by atoms with Gasteiger partial charge in [-0.2, -0.15) is 0 Å². The molecule has 1 aromatic carbocycles. The van der Waals surface area contributed by atoms with E-state index in [1.807, 2.05) is 12.3 Å². The van der Waals surface area contributed by atoms with Crippen LogP contribution in [0.4, 0.5) is 0 Å². The number of thiazole rings is 1. The summed E-state index contributed by atoms with van der Waals surface area (Å²) in [5, 5.41) is 1.98. The van der Waals surface area contributed by atoms with Crippen LogP contribution in [0.3, 0.4) is 0 Å². The monoisotopic (exact) mass is 293 g/mol. The minimum absolute atomic E-state index is 0.0659. The number of hydrogen-bond acceptors (Lipinski definition) is 6. The van der Waals surface area contributed by atoms with E-state index in [1.165, 1.54) is 11.8 Å². The van der Waals surface area contributed by atoms with E-state index in [0.29, 0.717) is 22.8 Å². The van der Waals surface area contributed by atoms with E-state index in [-0.39, 0.29) is 12.6 Å². The van der Waals surface area contributed by atoms with Crippen LogP contribution < -0.4 is 9.47 Å². The molecular weight excluding hydrogens is 282 g/mol. The summed E-state index contributed by atoms with van der Waals surface area (Å²) in [5.41, 5.74) is 1.63. The fraction of sp³-hybridized carbons (Fsp3) is 0.231. The molecule has 0 aliphatic carbocycles. The Balaban J connectivity index is 1.67. The van der Waals surface area contributed by atoms with E-state index >= 15 is 0 Å². The third-order valence-electron chi connectivity index (χ3n) is 2.62. The van der Waals surface area contributed by atoms with Crippen LogP contribution in [0.1, 0.15) is 16.1 Å². The van der Waals surface area contributed by atoms with Gasteiger partial charge in [0.2, 0.25) is 6.79 Å². The van der Waals surface area contributed by atoms with Gasteiger partial charge < -0.3 is 9.47 Å². The van der Waals surface area contributed by atoms with Gasteiger partial charge in [0.1, 0.15) is 0 Å². The second kappa shape index (κ2) is 5.22. The Morgan fingerprint density at radius 1 is 1.42 bits per heavy atom. The first-order valence-corrected chi connectivity index (χ1v) is 7.57. The Hall–Kier alpha value is -1.53. The van der Waals surface area contributed by atoms with Crippen LogP contribution in [-0.4, -0.2) is 23.3 Å². The van der Waals surface area contributed by atoms with Crippen molar-refractivity contribution in [2.24, 2.45) is 0 Å². The van der Waals surface area contributed by atoms with Gasteiger partial charge in [0, 0.05) is 16.6 Å². The van der Waals surface area contributed by atoms with Crippen molar-refractivity contribution in [2.45, 2.75) is 11.3 Å². The molecule has 0 amide bonds. The lowest BCUT2D eigenvalue weighted by Gasteiger charge is -2.01. The minimum Gasteiger partial charge on any atom is -0.454 e. The predicted octanol–water partition coefficient (Wildman–Crippen LogP) is 3.16. The summed E-state index contributed by atoms with van der Waals surface area (Å²) in [6.07, 6.45) is 0. The number of Topliss-reactive ketones (excluding diaryl/α,β-unsaturated/α-hetero) is 1. The van der Waals surface area contributed by atoms with Crippen LogP contribution in [0.25, 0.3) is 0 Å². The molecule has 98 valence electrons. The van der Waals surface area contributed by atoms with Gasteiger partial charge in [0.15, 0.2) is 21.6 Å². The number of ketones is 1. The van der Waals surface area contributed by atoms with E-state index in [0.717, 1.165) is 10.0 Å². The third-order valence-corrected chi connectivity index (χ3v) is 4.76. The lowest BCUT2D eigenvalue weighted by atomic mass is 10.1. The van der Waals surface area contributed by atoms with Crippen molar-refractivity contribution in [3.63, 3.8) is 0 Å². The van der Waals surface area contributed by atoms with E-state index in [2.05, 4.69) is 4.98 Å². The molecule has 0 saturated carbocycles. The van der Waals surface area contributed by atoms with Crippen LogP contribution >= 0.6 is 23.1 Å². The van der Waals surface area contributed by atoms with Gasteiger partial charge in [-0.3, -0.25) is 4.79 Å². The molecule has 0 unspecified atom stereocenters. The molecule has 0 fully saturated rings. The van der Waals surface area contributed by atoms with Crippen LogP contribution in [0.2, 0.25) is 0 Å².